The Labute approximate surface area is 129 Å². The van der Waals surface area contributed by atoms with Gasteiger partial charge in [-0.25, -0.2) is 9.37 Å². The molecule has 1 aromatic heterocycles. The van der Waals surface area contributed by atoms with E-state index in [1.807, 2.05) is 45.4 Å². The minimum absolute atomic E-state index is 0.237. The molecule has 0 atom stereocenters. The molecule has 0 aliphatic heterocycles. The summed E-state index contributed by atoms with van der Waals surface area (Å²) in [5.41, 5.74) is 8.65. The number of imidazole rings is 1. The van der Waals surface area contributed by atoms with Gasteiger partial charge in [0.15, 0.2) is 0 Å². The molecule has 20 heavy (non-hydrogen) atoms. The van der Waals surface area contributed by atoms with Crippen molar-refractivity contribution >= 4 is 39.6 Å². The summed E-state index contributed by atoms with van der Waals surface area (Å²) in [6.07, 6.45) is 0.837. The van der Waals surface area contributed by atoms with Crippen LogP contribution in [-0.2, 0) is 13.0 Å². The van der Waals surface area contributed by atoms with Crippen LogP contribution >= 0.6 is 22.6 Å². The highest BCUT2D eigenvalue weighted by atomic mass is 127. The second-order valence-electron chi connectivity index (χ2n) is 4.61. The predicted molar refractivity (Wildman–Crippen MR) is 87.0 cm³/mol. The zero-order chi connectivity index (χ0) is 14.1. The lowest BCUT2D eigenvalue weighted by Crippen LogP contribution is -2.05. The molecule has 102 valence electrons. The van der Waals surface area contributed by atoms with Crippen LogP contribution in [0.15, 0.2) is 42.5 Å². The Balaban J connectivity index is 1.95. The number of aryl methyl sites for hydroxylation is 2. The largest absolute Gasteiger partial charge is 0.369 e. The molecular formula is C15H13FIN3. The van der Waals surface area contributed by atoms with Crippen molar-refractivity contribution in [1.29, 1.82) is 0 Å². The number of benzene rings is 2. The predicted octanol–water partition coefficient (Wildman–Crippen LogP) is 3.60. The Morgan fingerprint density at radius 1 is 1.20 bits per heavy atom. The third-order valence-corrected chi connectivity index (χ3v) is 4.11. The van der Waals surface area contributed by atoms with Gasteiger partial charge >= 0.3 is 0 Å². The number of fused-ring (bicyclic) bond motifs is 1. The first-order valence-electron chi connectivity index (χ1n) is 6.30. The van der Waals surface area contributed by atoms with Gasteiger partial charge in [-0.2, -0.15) is 0 Å². The van der Waals surface area contributed by atoms with E-state index < -0.39 is 0 Å². The highest BCUT2D eigenvalue weighted by Crippen LogP contribution is 2.23. The van der Waals surface area contributed by atoms with Crippen molar-refractivity contribution in [3.05, 3.63) is 57.4 Å². The summed E-state index contributed by atoms with van der Waals surface area (Å²) in [6, 6.07) is 13.4. The van der Waals surface area contributed by atoms with E-state index in [0.29, 0.717) is 16.1 Å². The fourth-order valence-corrected chi connectivity index (χ4v) is 2.71. The summed E-state index contributed by atoms with van der Waals surface area (Å²) in [5.74, 6) is 0.191. The molecule has 3 nitrogen and oxygen atoms in total. The van der Waals surface area contributed by atoms with Gasteiger partial charge in [-0.1, -0.05) is 30.3 Å². The van der Waals surface area contributed by atoms with Crippen molar-refractivity contribution in [2.45, 2.75) is 13.0 Å². The van der Waals surface area contributed by atoms with Crippen LogP contribution in [-0.4, -0.2) is 9.55 Å². The molecule has 0 spiro atoms. The Morgan fingerprint density at radius 3 is 2.70 bits per heavy atom. The maximum Gasteiger partial charge on any atom is 0.201 e. The van der Waals surface area contributed by atoms with Gasteiger partial charge in [-0.3, -0.25) is 0 Å². The first-order chi connectivity index (χ1) is 9.65. The van der Waals surface area contributed by atoms with Crippen molar-refractivity contribution in [2.24, 2.45) is 0 Å². The number of halogens is 2. The maximum absolute atomic E-state index is 13.7. The fraction of sp³-hybridized carbons (Fsp3) is 0.133. The lowest BCUT2D eigenvalue weighted by molar-refractivity contribution is 0.620. The van der Waals surface area contributed by atoms with Gasteiger partial charge in [0, 0.05) is 12.6 Å². The molecule has 0 bridgehead atoms. The van der Waals surface area contributed by atoms with Crippen LogP contribution in [0, 0.1) is 9.39 Å². The van der Waals surface area contributed by atoms with Gasteiger partial charge in [0.25, 0.3) is 0 Å². The lowest BCUT2D eigenvalue weighted by Gasteiger charge is -2.07. The van der Waals surface area contributed by atoms with Gasteiger partial charge in [-0.15, -0.1) is 0 Å². The van der Waals surface area contributed by atoms with Crippen LogP contribution in [0.1, 0.15) is 5.56 Å². The second kappa shape index (κ2) is 5.40. The average Bonchev–Trinajstić information content (AvgIpc) is 2.73. The first-order valence-corrected chi connectivity index (χ1v) is 7.37. The molecule has 0 aliphatic carbocycles. The molecule has 0 saturated heterocycles. The molecular weight excluding hydrogens is 368 g/mol. The molecule has 1 heterocycles. The summed E-state index contributed by atoms with van der Waals surface area (Å²) >= 11 is 1.96. The number of hydrogen-bond donors (Lipinski definition) is 1. The molecule has 0 aliphatic rings. The van der Waals surface area contributed by atoms with E-state index in [4.69, 9.17) is 5.73 Å². The van der Waals surface area contributed by atoms with Crippen LogP contribution in [0.25, 0.3) is 11.0 Å². The number of rotatable bonds is 3. The molecule has 5 heteroatoms. The normalized spacial score (nSPS) is 11.1. The van der Waals surface area contributed by atoms with Gasteiger partial charge in [0.1, 0.15) is 5.82 Å². The summed E-state index contributed by atoms with van der Waals surface area (Å²) in [4.78, 5) is 4.30. The van der Waals surface area contributed by atoms with Crippen LogP contribution in [0.2, 0.25) is 0 Å². The van der Waals surface area contributed by atoms with E-state index in [1.54, 1.807) is 6.07 Å². The van der Waals surface area contributed by atoms with E-state index >= 15 is 0 Å². The zero-order valence-electron chi connectivity index (χ0n) is 10.7. The van der Waals surface area contributed by atoms with Crippen LogP contribution < -0.4 is 5.73 Å². The van der Waals surface area contributed by atoms with E-state index in [-0.39, 0.29) is 5.82 Å². The molecule has 2 N–H and O–H groups in total. The third-order valence-electron chi connectivity index (χ3n) is 3.29. The molecule has 0 amide bonds. The van der Waals surface area contributed by atoms with E-state index in [1.165, 1.54) is 11.6 Å². The average molecular weight is 381 g/mol. The van der Waals surface area contributed by atoms with Gasteiger partial charge in [-0.05, 0) is 40.6 Å². The SMILES string of the molecule is Nc1nc2cc(I)c(F)cc2n1CCc1ccccc1. The Morgan fingerprint density at radius 2 is 1.95 bits per heavy atom. The Bertz CT molecular complexity index is 753. The van der Waals surface area contributed by atoms with Crippen LogP contribution in [0.4, 0.5) is 10.3 Å². The molecule has 3 aromatic rings. The van der Waals surface area contributed by atoms with Crippen molar-refractivity contribution in [3.8, 4) is 0 Å². The van der Waals surface area contributed by atoms with E-state index in [2.05, 4.69) is 17.1 Å². The highest BCUT2D eigenvalue weighted by Gasteiger charge is 2.11. The fourth-order valence-electron chi connectivity index (χ4n) is 2.26. The quantitative estimate of drug-likeness (QED) is 0.705. The van der Waals surface area contributed by atoms with E-state index in [9.17, 15) is 4.39 Å². The number of anilines is 1. The number of aromatic nitrogens is 2. The topological polar surface area (TPSA) is 43.8 Å². The summed E-state index contributed by atoms with van der Waals surface area (Å²) in [7, 11) is 0. The standard InChI is InChI=1S/C15H13FIN3/c16-11-8-14-13(9-12(11)17)19-15(18)20(14)7-6-10-4-2-1-3-5-10/h1-5,8-9H,6-7H2,(H2,18,19). The van der Waals surface area contributed by atoms with Crippen molar-refractivity contribution < 1.29 is 4.39 Å². The smallest absolute Gasteiger partial charge is 0.201 e. The van der Waals surface area contributed by atoms with Crippen molar-refractivity contribution in [2.75, 3.05) is 5.73 Å². The van der Waals surface area contributed by atoms with Gasteiger partial charge < -0.3 is 10.3 Å². The van der Waals surface area contributed by atoms with Crippen LogP contribution in [0.3, 0.4) is 0 Å². The molecule has 3 rings (SSSR count). The minimum Gasteiger partial charge on any atom is -0.369 e. The molecule has 0 saturated carbocycles. The second-order valence-corrected chi connectivity index (χ2v) is 5.77. The van der Waals surface area contributed by atoms with Gasteiger partial charge in [0.05, 0.1) is 14.6 Å². The zero-order valence-corrected chi connectivity index (χ0v) is 12.8. The summed E-state index contributed by atoms with van der Waals surface area (Å²) in [6.45, 7) is 0.687. The monoisotopic (exact) mass is 381 g/mol. The first kappa shape index (κ1) is 13.4. The number of nitrogens with two attached hydrogens (primary N) is 1. The number of nitrogens with zero attached hydrogens (tertiary/aromatic N) is 2. The molecule has 0 radical (unpaired) electrons. The molecule has 0 fully saturated rings. The lowest BCUT2D eigenvalue weighted by atomic mass is 10.1. The Hall–Kier alpha value is -1.63. The third kappa shape index (κ3) is 2.49. The van der Waals surface area contributed by atoms with Crippen molar-refractivity contribution in [3.63, 3.8) is 0 Å². The summed E-state index contributed by atoms with van der Waals surface area (Å²) < 4.78 is 16.1. The maximum atomic E-state index is 13.7. The van der Waals surface area contributed by atoms with Gasteiger partial charge in [0.2, 0.25) is 5.95 Å². The molecule has 0 unspecified atom stereocenters. The number of hydrogen-bond acceptors (Lipinski definition) is 2. The highest BCUT2D eigenvalue weighted by molar-refractivity contribution is 14.1. The van der Waals surface area contributed by atoms with Crippen molar-refractivity contribution in [1.82, 2.24) is 9.55 Å². The van der Waals surface area contributed by atoms with E-state index in [0.717, 1.165) is 17.5 Å². The minimum atomic E-state index is -0.237. The van der Waals surface area contributed by atoms with Crippen LogP contribution in [0.5, 0.6) is 0 Å². The summed E-state index contributed by atoms with van der Waals surface area (Å²) in [5, 5.41) is 0. The molecule has 2 aromatic carbocycles. The Kier molecular flexibility index (Phi) is 3.60. The number of nitrogen functional groups attached to an aromatic ring is 1.